The Bertz CT molecular complexity index is 1190. The van der Waals surface area contributed by atoms with Crippen LogP contribution in [-0.2, 0) is 28.7 Å². The van der Waals surface area contributed by atoms with Crippen molar-refractivity contribution in [2.45, 2.75) is 90.9 Å². The van der Waals surface area contributed by atoms with Crippen LogP contribution in [0.25, 0.3) is 0 Å². The highest BCUT2D eigenvalue weighted by molar-refractivity contribution is 6.33. The van der Waals surface area contributed by atoms with Gasteiger partial charge >= 0.3 is 17.9 Å². The highest BCUT2D eigenvalue weighted by atomic mass is 35.5. The summed E-state index contributed by atoms with van der Waals surface area (Å²) in [6, 6.07) is 6.54. The minimum atomic E-state index is -1.54. The molecule has 1 aromatic carbocycles. The third kappa shape index (κ3) is 14.9. The molecule has 0 aliphatic heterocycles. The van der Waals surface area contributed by atoms with Crippen molar-refractivity contribution in [2.24, 2.45) is 15.9 Å². The number of alkyl halides is 1. The molecule has 10 nitrogen and oxygen atoms in total. The van der Waals surface area contributed by atoms with Crippen molar-refractivity contribution < 1.29 is 33.4 Å². The van der Waals surface area contributed by atoms with Crippen LogP contribution in [0.2, 0.25) is 0 Å². The summed E-state index contributed by atoms with van der Waals surface area (Å²) >= 11 is 6.71. The van der Waals surface area contributed by atoms with Gasteiger partial charge in [0.05, 0.1) is 23.7 Å². The minimum Gasteiger partial charge on any atom is -0.465 e. The summed E-state index contributed by atoms with van der Waals surface area (Å²) in [7, 11) is 3.72. The Morgan fingerprint density at radius 3 is 2.20 bits per heavy atom. The van der Waals surface area contributed by atoms with Gasteiger partial charge in [-0.3, -0.25) is 19.2 Å². The molecule has 0 aliphatic rings. The average Bonchev–Trinajstić information content (AvgIpc) is 2.95. The summed E-state index contributed by atoms with van der Waals surface area (Å²) in [4.78, 5) is 51.8. The van der Waals surface area contributed by atoms with Crippen LogP contribution in [0.3, 0.4) is 0 Å². The molecule has 0 fully saturated rings. The second-order valence-electron chi connectivity index (χ2n) is 12.6. The topological polar surface area (TPSA) is 124 Å². The fourth-order valence-electron chi connectivity index (χ4n) is 4.69. The van der Waals surface area contributed by atoms with Crippen molar-refractivity contribution in [3.63, 3.8) is 0 Å². The third-order valence-electron chi connectivity index (χ3n) is 7.02. The zero-order chi connectivity index (χ0) is 34.1. The molecule has 0 bridgehead atoms. The largest absolute Gasteiger partial charge is 0.465 e. The fraction of sp³-hybridized carbons (Fsp3) is 0.618. The van der Waals surface area contributed by atoms with E-state index >= 15 is 0 Å². The van der Waals surface area contributed by atoms with Crippen molar-refractivity contribution in [1.29, 1.82) is 0 Å². The van der Waals surface area contributed by atoms with Crippen LogP contribution < -0.4 is 10.2 Å². The maximum atomic E-state index is 13.5. The highest BCUT2D eigenvalue weighted by Gasteiger charge is 2.50. The van der Waals surface area contributed by atoms with Gasteiger partial charge in [-0.25, -0.2) is 5.43 Å². The first-order chi connectivity index (χ1) is 21.1. The molecule has 1 amide bonds. The Morgan fingerprint density at radius 1 is 0.956 bits per heavy atom. The Hall–Kier alpha value is -3.42. The molecule has 0 radical (unpaired) electrons. The Balaban J connectivity index is 3.04. The number of esters is 3. The van der Waals surface area contributed by atoms with Crippen molar-refractivity contribution in [2.75, 3.05) is 33.9 Å². The van der Waals surface area contributed by atoms with Gasteiger partial charge in [-0.15, -0.1) is 23.9 Å². The second kappa shape index (κ2) is 19.2. The Morgan fingerprint density at radius 2 is 1.60 bits per heavy atom. The number of likely N-dealkylation sites (N-methyl/N-ethyl adjacent to an activating group) is 1. The molecule has 2 atom stereocenters. The summed E-state index contributed by atoms with van der Waals surface area (Å²) < 4.78 is 16.7. The van der Waals surface area contributed by atoms with Crippen LogP contribution in [0, 0.1) is 23.2 Å². The number of nitrogens with one attached hydrogen (secondary N) is 1. The van der Waals surface area contributed by atoms with E-state index in [9.17, 15) is 19.2 Å². The van der Waals surface area contributed by atoms with Crippen LogP contribution in [0.1, 0.15) is 91.5 Å². The lowest BCUT2D eigenvalue weighted by molar-refractivity contribution is -0.162. The number of nitrogens with zero attached hydrogens (tertiary/aromatic N) is 2. The number of hydrogen-bond donors (Lipinski definition) is 1. The van der Waals surface area contributed by atoms with Crippen molar-refractivity contribution in [3.8, 4) is 18.1 Å². The molecule has 11 heteroatoms. The third-order valence-corrected chi connectivity index (χ3v) is 7.31. The Labute approximate surface area is 273 Å². The molecule has 45 heavy (non-hydrogen) atoms. The molecular weight excluding hydrogens is 598 g/mol. The lowest BCUT2D eigenvalue weighted by atomic mass is 9.69. The lowest BCUT2D eigenvalue weighted by Gasteiger charge is -2.37. The van der Waals surface area contributed by atoms with Gasteiger partial charge in [0.2, 0.25) is 5.91 Å². The fourth-order valence-corrected chi connectivity index (χ4v) is 5.04. The van der Waals surface area contributed by atoms with E-state index in [1.54, 1.807) is 45.0 Å². The van der Waals surface area contributed by atoms with Crippen molar-refractivity contribution in [3.05, 3.63) is 29.8 Å². The van der Waals surface area contributed by atoms with Crippen LogP contribution in [0.5, 0.6) is 5.75 Å². The number of carbonyl (C=O) groups excluding carboxylic acids is 4. The van der Waals surface area contributed by atoms with E-state index in [1.165, 1.54) is 13.1 Å². The smallest absolute Gasteiger partial charge is 0.326 e. The van der Waals surface area contributed by atoms with E-state index in [-0.39, 0.29) is 44.1 Å². The number of ether oxygens (including phenoxy) is 3. The second-order valence-corrected chi connectivity index (χ2v) is 13.4. The molecule has 0 spiro atoms. The Kier molecular flexibility index (Phi) is 16.9. The molecule has 0 saturated heterocycles. The van der Waals surface area contributed by atoms with Gasteiger partial charge in [0.15, 0.2) is 0 Å². The van der Waals surface area contributed by atoms with Gasteiger partial charge in [-0.05, 0) is 90.9 Å². The first-order valence-electron chi connectivity index (χ1n) is 15.3. The SMILES string of the molecule is C#CCCC(=O)N/N=C/c1ccc(OC(=O)C(C)(C)CC(C)(CC(C)(Cl)C(=O)OCCN(C)C)C(=O)OCCCCCC)cc1. The molecule has 1 rings (SSSR count). The summed E-state index contributed by atoms with van der Waals surface area (Å²) in [5.74, 6) is 0.627. The average molecular weight is 648 g/mol. The molecule has 0 saturated carbocycles. The van der Waals surface area contributed by atoms with Crippen molar-refractivity contribution >= 4 is 41.6 Å². The molecule has 2 unspecified atom stereocenters. The van der Waals surface area contributed by atoms with Crippen LogP contribution in [-0.4, -0.2) is 73.7 Å². The predicted octanol–water partition coefficient (Wildman–Crippen LogP) is 5.49. The first kappa shape index (κ1) is 39.6. The van der Waals surface area contributed by atoms with E-state index in [2.05, 4.69) is 23.4 Å². The normalized spacial score (nSPS) is 14.2. The monoisotopic (exact) mass is 647 g/mol. The number of carbonyl (C=O) groups is 4. The number of terminal acetylenes is 1. The number of hydrazone groups is 1. The molecule has 0 aliphatic carbocycles. The molecule has 0 aromatic heterocycles. The summed E-state index contributed by atoms with van der Waals surface area (Å²) in [5, 5.41) is 3.89. The number of hydrogen-bond acceptors (Lipinski definition) is 9. The molecule has 1 aromatic rings. The number of rotatable bonds is 20. The van der Waals surface area contributed by atoms with E-state index in [1.807, 2.05) is 19.0 Å². The van der Waals surface area contributed by atoms with Crippen LogP contribution in [0.15, 0.2) is 29.4 Å². The maximum Gasteiger partial charge on any atom is 0.326 e. The van der Waals surface area contributed by atoms with E-state index < -0.39 is 33.6 Å². The quantitative estimate of drug-likeness (QED) is 0.0375. The minimum absolute atomic E-state index is 0.00400. The zero-order valence-electron chi connectivity index (χ0n) is 27.9. The van der Waals surface area contributed by atoms with Gasteiger partial charge in [0.25, 0.3) is 0 Å². The van der Waals surface area contributed by atoms with Gasteiger partial charge in [0.1, 0.15) is 17.2 Å². The van der Waals surface area contributed by atoms with E-state index in [4.69, 9.17) is 32.2 Å². The number of benzene rings is 1. The molecule has 1 N–H and O–H groups in total. The van der Waals surface area contributed by atoms with E-state index in [0.29, 0.717) is 24.9 Å². The van der Waals surface area contributed by atoms with Gasteiger partial charge in [-0.2, -0.15) is 5.10 Å². The summed E-state index contributed by atoms with van der Waals surface area (Å²) in [6.45, 7) is 9.51. The summed E-state index contributed by atoms with van der Waals surface area (Å²) in [6.07, 6.45) is 10.7. The van der Waals surface area contributed by atoms with Crippen LogP contribution >= 0.6 is 11.6 Å². The standard InChI is InChI=1S/C34H50ClN3O7/c1-9-11-13-14-21-43-30(41)33(5,25-34(6,35)31(42)44-22-20-38(7)8)24-32(3,4)29(40)45-27-18-16-26(17-19-27)23-36-37-28(39)15-12-10-2/h2,16-19,23H,9,11-15,20-22,24-25H2,1,3-8H3,(H,37,39)/b36-23+. The van der Waals surface area contributed by atoms with Gasteiger partial charge in [-0.1, -0.05) is 26.2 Å². The molecular formula is C34H50ClN3O7. The molecule has 0 heterocycles. The van der Waals surface area contributed by atoms with Gasteiger partial charge in [0, 0.05) is 19.4 Å². The van der Waals surface area contributed by atoms with Crippen molar-refractivity contribution in [1.82, 2.24) is 10.3 Å². The zero-order valence-corrected chi connectivity index (χ0v) is 28.6. The molecule has 250 valence electrons. The number of amides is 1. The number of unbranched alkanes of at least 4 members (excludes halogenated alkanes) is 3. The lowest BCUT2D eigenvalue weighted by Crippen LogP contribution is -2.46. The first-order valence-corrected chi connectivity index (χ1v) is 15.7. The van der Waals surface area contributed by atoms with Gasteiger partial charge < -0.3 is 19.1 Å². The van der Waals surface area contributed by atoms with E-state index in [0.717, 1.165) is 19.3 Å². The van der Waals surface area contributed by atoms with Crippen LogP contribution in [0.4, 0.5) is 0 Å². The summed E-state index contributed by atoms with van der Waals surface area (Å²) in [5.41, 5.74) is 0.584. The number of halogens is 1. The maximum absolute atomic E-state index is 13.5. The highest BCUT2D eigenvalue weighted by Crippen LogP contribution is 2.44. The predicted molar refractivity (Wildman–Crippen MR) is 176 cm³/mol.